The molecule has 0 fully saturated rings. The fourth-order valence-corrected chi connectivity index (χ4v) is 3.61. The highest BCUT2D eigenvalue weighted by Crippen LogP contribution is 2.35. The van der Waals surface area contributed by atoms with E-state index in [2.05, 4.69) is 101 Å². The van der Waals surface area contributed by atoms with Crippen LogP contribution in [0.4, 0.5) is 0 Å². The number of benzene rings is 2. The normalized spacial score (nSPS) is 11.2. The van der Waals surface area contributed by atoms with Crippen LogP contribution in [0.1, 0.15) is 42.0 Å². The number of aromatic nitrogens is 1. The van der Waals surface area contributed by atoms with Crippen LogP contribution in [0, 0.1) is 20.8 Å². The van der Waals surface area contributed by atoms with Crippen LogP contribution in [0.3, 0.4) is 0 Å². The van der Waals surface area contributed by atoms with E-state index in [1.165, 1.54) is 44.6 Å². The summed E-state index contributed by atoms with van der Waals surface area (Å²) >= 11 is 0. The summed E-state index contributed by atoms with van der Waals surface area (Å²) < 4.78 is 2.23. The van der Waals surface area contributed by atoms with Crippen LogP contribution < -0.4 is 4.57 Å². The Bertz CT molecular complexity index is 919. The van der Waals surface area contributed by atoms with E-state index in [1.807, 2.05) is 0 Å². The molecule has 0 aliphatic rings. The maximum atomic E-state index is 2.34. The fourth-order valence-electron chi connectivity index (χ4n) is 3.61. The van der Waals surface area contributed by atoms with Crippen LogP contribution in [-0.2, 0) is 7.05 Å². The van der Waals surface area contributed by atoms with E-state index < -0.39 is 0 Å². The molecule has 0 amide bonds. The first-order valence-corrected chi connectivity index (χ1v) is 9.06. The standard InChI is InChI=1S/C24H28N/c1-16(2)20-13-14-25(6)23(15-20)22-12-11-18(4)24(19(22)5)21-10-8-7-9-17(21)3/h7-16H,1-6H3/q+1. The van der Waals surface area contributed by atoms with Gasteiger partial charge in [0.15, 0.2) is 6.20 Å². The lowest BCUT2D eigenvalue weighted by molar-refractivity contribution is -0.660. The molecular weight excluding hydrogens is 302 g/mol. The molecule has 0 N–H and O–H groups in total. The molecule has 1 aromatic heterocycles. The third-order valence-electron chi connectivity index (χ3n) is 5.20. The van der Waals surface area contributed by atoms with Crippen molar-refractivity contribution in [2.75, 3.05) is 0 Å². The summed E-state index contributed by atoms with van der Waals surface area (Å²) in [5, 5.41) is 0. The van der Waals surface area contributed by atoms with Gasteiger partial charge in [-0.25, -0.2) is 4.57 Å². The van der Waals surface area contributed by atoms with E-state index in [1.54, 1.807) is 0 Å². The van der Waals surface area contributed by atoms with Crippen LogP contribution in [0.2, 0.25) is 0 Å². The summed E-state index contributed by atoms with van der Waals surface area (Å²) in [4.78, 5) is 0. The Labute approximate surface area is 152 Å². The van der Waals surface area contributed by atoms with Gasteiger partial charge in [0.05, 0.1) is 0 Å². The third kappa shape index (κ3) is 3.24. The summed E-state index contributed by atoms with van der Waals surface area (Å²) in [5.74, 6) is 0.529. The molecule has 1 nitrogen and oxygen atoms in total. The molecule has 2 aromatic carbocycles. The van der Waals surface area contributed by atoms with Gasteiger partial charge in [0.25, 0.3) is 0 Å². The predicted molar refractivity (Wildman–Crippen MR) is 107 cm³/mol. The molecule has 0 bridgehead atoms. The minimum atomic E-state index is 0.529. The van der Waals surface area contributed by atoms with Gasteiger partial charge in [0.2, 0.25) is 5.69 Å². The molecule has 0 radical (unpaired) electrons. The zero-order chi connectivity index (χ0) is 18.1. The third-order valence-corrected chi connectivity index (χ3v) is 5.20. The highest BCUT2D eigenvalue weighted by molar-refractivity contribution is 5.80. The second-order valence-corrected chi connectivity index (χ2v) is 7.36. The molecule has 3 aromatic rings. The lowest BCUT2D eigenvalue weighted by Gasteiger charge is -2.16. The number of aryl methyl sites for hydroxylation is 3. The lowest BCUT2D eigenvalue weighted by atomic mass is 9.88. The molecule has 128 valence electrons. The van der Waals surface area contributed by atoms with E-state index >= 15 is 0 Å². The Hall–Kier alpha value is -2.41. The average Bonchev–Trinajstić information content (AvgIpc) is 2.57. The van der Waals surface area contributed by atoms with Gasteiger partial charge in [-0.15, -0.1) is 0 Å². The first-order chi connectivity index (χ1) is 11.9. The topological polar surface area (TPSA) is 3.88 Å². The Morgan fingerprint density at radius 1 is 0.800 bits per heavy atom. The van der Waals surface area contributed by atoms with Crippen molar-refractivity contribution in [1.29, 1.82) is 0 Å². The van der Waals surface area contributed by atoms with Crippen molar-refractivity contribution < 1.29 is 4.57 Å². The van der Waals surface area contributed by atoms with Crippen molar-refractivity contribution >= 4 is 0 Å². The summed E-state index contributed by atoms with van der Waals surface area (Å²) in [6.45, 7) is 11.2. The predicted octanol–water partition coefficient (Wildman–Crippen LogP) is 5.89. The number of nitrogens with zero attached hydrogens (tertiary/aromatic N) is 1. The van der Waals surface area contributed by atoms with Gasteiger partial charge in [-0.05, 0) is 66.1 Å². The Morgan fingerprint density at radius 2 is 1.52 bits per heavy atom. The smallest absolute Gasteiger partial charge is 0.201 e. The van der Waals surface area contributed by atoms with Gasteiger partial charge in [0, 0.05) is 17.7 Å². The minimum absolute atomic E-state index is 0.529. The van der Waals surface area contributed by atoms with E-state index in [-0.39, 0.29) is 0 Å². The van der Waals surface area contributed by atoms with E-state index in [0.29, 0.717) is 5.92 Å². The molecule has 1 heteroatoms. The fraction of sp³-hybridized carbons (Fsp3) is 0.292. The summed E-state index contributed by atoms with van der Waals surface area (Å²) in [5.41, 5.74) is 10.7. The summed E-state index contributed by atoms with van der Waals surface area (Å²) in [6, 6.07) is 17.8. The number of hydrogen-bond acceptors (Lipinski definition) is 0. The van der Waals surface area contributed by atoms with Crippen molar-refractivity contribution in [2.45, 2.75) is 40.5 Å². The van der Waals surface area contributed by atoms with Crippen molar-refractivity contribution in [1.82, 2.24) is 0 Å². The van der Waals surface area contributed by atoms with E-state index in [4.69, 9.17) is 0 Å². The maximum absolute atomic E-state index is 2.34. The van der Waals surface area contributed by atoms with E-state index in [0.717, 1.165) is 0 Å². The Morgan fingerprint density at radius 3 is 2.20 bits per heavy atom. The largest absolute Gasteiger partial charge is 0.212 e. The number of rotatable bonds is 3. The molecule has 0 aliphatic heterocycles. The molecular formula is C24H28N+. The van der Waals surface area contributed by atoms with Crippen LogP contribution in [0.25, 0.3) is 22.4 Å². The molecule has 0 unspecified atom stereocenters. The molecule has 0 aliphatic carbocycles. The van der Waals surface area contributed by atoms with Gasteiger partial charge in [0.1, 0.15) is 7.05 Å². The molecule has 1 heterocycles. The Kier molecular flexibility index (Phi) is 4.76. The zero-order valence-electron chi connectivity index (χ0n) is 16.2. The first-order valence-electron chi connectivity index (χ1n) is 9.06. The maximum Gasteiger partial charge on any atom is 0.212 e. The summed E-state index contributed by atoms with van der Waals surface area (Å²) in [6.07, 6.45) is 2.18. The van der Waals surface area contributed by atoms with Crippen molar-refractivity contribution in [3.8, 4) is 22.4 Å². The molecule has 0 spiro atoms. The van der Waals surface area contributed by atoms with Gasteiger partial charge >= 0.3 is 0 Å². The quantitative estimate of drug-likeness (QED) is 0.527. The molecule has 3 rings (SSSR count). The molecule has 25 heavy (non-hydrogen) atoms. The van der Waals surface area contributed by atoms with Crippen molar-refractivity contribution in [3.63, 3.8) is 0 Å². The summed E-state index contributed by atoms with van der Waals surface area (Å²) in [7, 11) is 2.13. The van der Waals surface area contributed by atoms with Crippen LogP contribution >= 0.6 is 0 Å². The van der Waals surface area contributed by atoms with Gasteiger partial charge in [-0.3, -0.25) is 0 Å². The van der Waals surface area contributed by atoms with Crippen molar-refractivity contribution in [3.05, 3.63) is 77.0 Å². The lowest BCUT2D eigenvalue weighted by Crippen LogP contribution is -2.31. The molecule has 0 atom stereocenters. The van der Waals surface area contributed by atoms with Crippen LogP contribution in [0.5, 0.6) is 0 Å². The highest BCUT2D eigenvalue weighted by atomic mass is 14.9. The Balaban J connectivity index is 2.26. The van der Waals surface area contributed by atoms with E-state index in [9.17, 15) is 0 Å². The average molecular weight is 330 g/mol. The first kappa shape index (κ1) is 17.4. The molecule has 0 saturated heterocycles. The van der Waals surface area contributed by atoms with Gasteiger partial charge < -0.3 is 0 Å². The second kappa shape index (κ2) is 6.84. The molecule has 0 saturated carbocycles. The van der Waals surface area contributed by atoms with Gasteiger partial charge in [-0.2, -0.15) is 0 Å². The van der Waals surface area contributed by atoms with Crippen LogP contribution in [0.15, 0.2) is 54.7 Å². The zero-order valence-corrected chi connectivity index (χ0v) is 16.2. The SMILES string of the molecule is Cc1ccccc1-c1c(C)ccc(-c2cc(C(C)C)cc[n+]2C)c1C. The van der Waals surface area contributed by atoms with Gasteiger partial charge in [-0.1, -0.05) is 44.2 Å². The number of pyridine rings is 1. The highest BCUT2D eigenvalue weighted by Gasteiger charge is 2.18. The minimum Gasteiger partial charge on any atom is -0.201 e. The van der Waals surface area contributed by atoms with Crippen molar-refractivity contribution in [2.24, 2.45) is 7.05 Å². The second-order valence-electron chi connectivity index (χ2n) is 7.36. The van der Waals surface area contributed by atoms with Crippen LogP contribution in [-0.4, -0.2) is 0 Å². The number of hydrogen-bond donors (Lipinski definition) is 0. The monoisotopic (exact) mass is 330 g/mol.